The van der Waals surface area contributed by atoms with Crippen LogP contribution in [0.1, 0.15) is 22.8 Å². The first-order valence-corrected chi connectivity index (χ1v) is 6.82. The molecule has 20 heavy (non-hydrogen) atoms. The fourth-order valence-corrected chi connectivity index (χ4v) is 2.92. The summed E-state index contributed by atoms with van der Waals surface area (Å²) in [6.07, 6.45) is 0.820. The molecule has 4 heteroatoms. The SMILES string of the molecule is C[C@@H]1Cc2ccccc2N1C(=O)c1ccc(F)cc1Cl. The zero-order valence-corrected chi connectivity index (χ0v) is 11.7. The van der Waals surface area contributed by atoms with E-state index in [1.165, 1.54) is 18.2 Å². The summed E-state index contributed by atoms with van der Waals surface area (Å²) in [5.41, 5.74) is 2.38. The normalized spacial score (nSPS) is 17.1. The highest BCUT2D eigenvalue weighted by Gasteiger charge is 2.32. The van der Waals surface area contributed by atoms with Crippen molar-refractivity contribution in [2.75, 3.05) is 4.90 Å². The van der Waals surface area contributed by atoms with Crippen LogP contribution >= 0.6 is 11.6 Å². The lowest BCUT2D eigenvalue weighted by molar-refractivity contribution is 0.0981. The Hall–Kier alpha value is -1.87. The smallest absolute Gasteiger partial charge is 0.260 e. The molecule has 0 unspecified atom stereocenters. The summed E-state index contributed by atoms with van der Waals surface area (Å²) in [5, 5.41) is 0.145. The zero-order chi connectivity index (χ0) is 14.3. The second-order valence-corrected chi connectivity index (χ2v) is 5.39. The largest absolute Gasteiger partial charge is 0.305 e. The zero-order valence-electron chi connectivity index (χ0n) is 10.9. The van der Waals surface area contributed by atoms with Gasteiger partial charge in [0.2, 0.25) is 0 Å². The molecular weight excluding hydrogens is 277 g/mol. The third-order valence-electron chi connectivity index (χ3n) is 3.59. The van der Waals surface area contributed by atoms with Gasteiger partial charge in [-0.3, -0.25) is 4.79 Å². The average molecular weight is 290 g/mol. The first-order chi connectivity index (χ1) is 9.58. The highest BCUT2D eigenvalue weighted by Crippen LogP contribution is 2.34. The molecule has 0 saturated carbocycles. The molecule has 102 valence electrons. The van der Waals surface area contributed by atoms with Gasteiger partial charge in [0, 0.05) is 11.7 Å². The van der Waals surface area contributed by atoms with Crippen molar-refractivity contribution in [3.05, 3.63) is 64.4 Å². The molecule has 1 atom stereocenters. The third-order valence-corrected chi connectivity index (χ3v) is 3.90. The van der Waals surface area contributed by atoms with Crippen LogP contribution in [0, 0.1) is 5.82 Å². The van der Waals surface area contributed by atoms with Gasteiger partial charge in [-0.15, -0.1) is 0 Å². The van der Waals surface area contributed by atoms with Gasteiger partial charge in [0.15, 0.2) is 0 Å². The second-order valence-electron chi connectivity index (χ2n) is 4.98. The van der Waals surface area contributed by atoms with Crippen LogP contribution in [0.3, 0.4) is 0 Å². The Balaban J connectivity index is 2.03. The van der Waals surface area contributed by atoms with Crippen LogP contribution in [0.2, 0.25) is 5.02 Å². The Morgan fingerprint density at radius 2 is 2.05 bits per heavy atom. The number of hydrogen-bond acceptors (Lipinski definition) is 1. The van der Waals surface area contributed by atoms with Gasteiger partial charge in [-0.25, -0.2) is 4.39 Å². The molecule has 0 N–H and O–H groups in total. The lowest BCUT2D eigenvalue weighted by atomic mass is 10.1. The molecule has 0 spiro atoms. The van der Waals surface area contributed by atoms with Crippen molar-refractivity contribution < 1.29 is 9.18 Å². The molecule has 0 saturated heterocycles. The summed E-state index contributed by atoms with van der Waals surface area (Å²) in [6, 6.07) is 11.7. The molecule has 1 amide bonds. The molecule has 1 aliphatic heterocycles. The minimum Gasteiger partial charge on any atom is -0.305 e. The van der Waals surface area contributed by atoms with E-state index in [1.54, 1.807) is 4.90 Å². The van der Waals surface area contributed by atoms with Gasteiger partial charge >= 0.3 is 0 Å². The first-order valence-electron chi connectivity index (χ1n) is 6.44. The quantitative estimate of drug-likeness (QED) is 0.775. The lowest BCUT2D eigenvalue weighted by Gasteiger charge is -2.23. The number of carbonyl (C=O) groups excluding carboxylic acids is 1. The maximum absolute atomic E-state index is 13.1. The van der Waals surface area contributed by atoms with Crippen LogP contribution in [-0.4, -0.2) is 11.9 Å². The number of hydrogen-bond donors (Lipinski definition) is 0. The number of para-hydroxylation sites is 1. The van der Waals surface area contributed by atoms with E-state index in [0.29, 0.717) is 5.56 Å². The highest BCUT2D eigenvalue weighted by molar-refractivity contribution is 6.34. The summed E-state index contributed by atoms with van der Waals surface area (Å²) >= 11 is 5.99. The second kappa shape index (κ2) is 4.91. The molecule has 0 aromatic heterocycles. The van der Waals surface area contributed by atoms with Crippen molar-refractivity contribution in [1.29, 1.82) is 0 Å². The molecule has 0 bridgehead atoms. The van der Waals surface area contributed by atoms with Crippen LogP contribution < -0.4 is 4.90 Å². The van der Waals surface area contributed by atoms with Crippen molar-refractivity contribution in [2.45, 2.75) is 19.4 Å². The number of fused-ring (bicyclic) bond motifs is 1. The number of nitrogens with zero attached hydrogens (tertiary/aromatic N) is 1. The number of halogens is 2. The molecule has 0 aliphatic carbocycles. The Bertz CT molecular complexity index is 686. The fraction of sp³-hybridized carbons (Fsp3) is 0.188. The first kappa shape index (κ1) is 13.1. The summed E-state index contributed by atoms with van der Waals surface area (Å²) in [4.78, 5) is 14.4. The molecule has 1 aliphatic rings. The number of amides is 1. The van der Waals surface area contributed by atoms with E-state index in [0.717, 1.165) is 17.7 Å². The van der Waals surface area contributed by atoms with Crippen molar-refractivity contribution in [3.63, 3.8) is 0 Å². The van der Waals surface area contributed by atoms with Crippen molar-refractivity contribution in [2.24, 2.45) is 0 Å². The van der Waals surface area contributed by atoms with Gasteiger partial charge in [-0.1, -0.05) is 29.8 Å². The van der Waals surface area contributed by atoms with Gasteiger partial charge in [-0.2, -0.15) is 0 Å². The Morgan fingerprint density at radius 3 is 2.80 bits per heavy atom. The molecule has 2 nitrogen and oxygen atoms in total. The molecular formula is C16H13ClFNO. The van der Waals surface area contributed by atoms with Crippen LogP contribution in [0.15, 0.2) is 42.5 Å². The van der Waals surface area contributed by atoms with Gasteiger partial charge in [0.25, 0.3) is 5.91 Å². The van der Waals surface area contributed by atoms with E-state index < -0.39 is 5.82 Å². The Labute approximate surface area is 121 Å². The summed E-state index contributed by atoms with van der Waals surface area (Å²) in [5.74, 6) is -0.631. The summed E-state index contributed by atoms with van der Waals surface area (Å²) in [7, 11) is 0. The van der Waals surface area contributed by atoms with Crippen LogP contribution in [0.25, 0.3) is 0 Å². The van der Waals surface area contributed by atoms with E-state index >= 15 is 0 Å². The van der Waals surface area contributed by atoms with Gasteiger partial charge in [0.05, 0.1) is 10.6 Å². The van der Waals surface area contributed by atoms with Crippen molar-refractivity contribution >= 4 is 23.2 Å². The average Bonchev–Trinajstić information content (AvgIpc) is 2.73. The van der Waals surface area contributed by atoms with E-state index in [2.05, 4.69) is 0 Å². The van der Waals surface area contributed by atoms with E-state index in [9.17, 15) is 9.18 Å². The van der Waals surface area contributed by atoms with E-state index in [-0.39, 0.29) is 17.0 Å². The Morgan fingerprint density at radius 1 is 1.30 bits per heavy atom. The predicted octanol–water partition coefficient (Wildman–Crippen LogP) is 4.07. The minimum atomic E-state index is -0.443. The molecule has 2 aromatic rings. The van der Waals surface area contributed by atoms with Gasteiger partial charge in [-0.05, 0) is 43.2 Å². The minimum absolute atomic E-state index is 0.0704. The topological polar surface area (TPSA) is 20.3 Å². The Kier molecular flexibility index (Phi) is 3.22. The maximum Gasteiger partial charge on any atom is 0.260 e. The predicted molar refractivity (Wildman–Crippen MR) is 77.8 cm³/mol. The number of carbonyl (C=O) groups is 1. The standard InChI is InChI=1S/C16H13ClFNO/c1-10-8-11-4-2-3-5-15(11)19(10)16(20)13-7-6-12(18)9-14(13)17/h2-7,9-10H,8H2,1H3/t10-/m1/s1. The van der Waals surface area contributed by atoms with Crippen molar-refractivity contribution in [1.82, 2.24) is 0 Å². The molecule has 0 radical (unpaired) electrons. The number of benzene rings is 2. The van der Waals surface area contributed by atoms with Crippen molar-refractivity contribution in [3.8, 4) is 0 Å². The third kappa shape index (κ3) is 2.08. The molecule has 0 fully saturated rings. The van der Waals surface area contributed by atoms with Crippen LogP contribution in [0.4, 0.5) is 10.1 Å². The van der Waals surface area contributed by atoms with Crippen LogP contribution in [0.5, 0.6) is 0 Å². The molecule has 2 aromatic carbocycles. The molecule has 1 heterocycles. The summed E-state index contributed by atoms with van der Waals surface area (Å²) < 4.78 is 13.1. The van der Waals surface area contributed by atoms with Gasteiger partial charge < -0.3 is 4.90 Å². The van der Waals surface area contributed by atoms with E-state index in [1.807, 2.05) is 31.2 Å². The van der Waals surface area contributed by atoms with Gasteiger partial charge in [0.1, 0.15) is 5.82 Å². The lowest BCUT2D eigenvalue weighted by Crippen LogP contribution is -2.35. The molecule has 3 rings (SSSR count). The number of rotatable bonds is 1. The van der Waals surface area contributed by atoms with Crippen LogP contribution in [-0.2, 0) is 6.42 Å². The highest BCUT2D eigenvalue weighted by atomic mass is 35.5. The maximum atomic E-state index is 13.1. The summed E-state index contributed by atoms with van der Waals surface area (Å²) in [6.45, 7) is 2.00. The monoisotopic (exact) mass is 289 g/mol. The fourth-order valence-electron chi connectivity index (χ4n) is 2.67. The van der Waals surface area contributed by atoms with E-state index in [4.69, 9.17) is 11.6 Å². The number of anilines is 1.